The van der Waals surface area contributed by atoms with Crippen molar-refractivity contribution >= 4 is 81.2 Å². The van der Waals surface area contributed by atoms with Gasteiger partial charge in [0.2, 0.25) is 11.8 Å². The standard InChI is InChI=1S/C16H8Cl7NO2/c1-5-2-3-6(4-7(5)17)24-12(25)8-9(13(24)26)15(21)11(19)10(18)14(8,20)16(15,22)23/h2-4,25-26H,1H3/t14-,15+. The molecule has 0 spiro atoms. The van der Waals surface area contributed by atoms with Gasteiger partial charge in [-0.3, -0.25) is 4.57 Å². The molecule has 0 amide bonds. The summed E-state index contributed by atoms with van der Waals surface area (Å²) in [5, 5.41) is 21.9. The highest BCUT2D eigenvalue weighted by Gasteiger charge is 2.80. The quantitative estimate of drug-likeness (QED) is 0.439. The predicted molar refractivity (Wildman–Crippen MR) is 107 cm³/mol. The molecule has 0 unspecified atom stereocenters. The minimum absolute atomic E-state index is 0.00256. The van der Waals surface area contributed by atoms with Gasteiger partial charge in [-0.15, -0.1) is 23.2 Å². The van der Waals surface area contributed by atoms with E-state index in [4.69, 9.17) is 81.2 Å². The number of aromatic hydroxyl groups is 2. The SMILES string of the molecule is Cc1ccc(-n2c(O)c3c(c2O)[C@@]2(Cl)C(Cl)=C(Cl)[C@]3(Cl)C2(Cl)Cl)cc1Cl. The van der Waals surface area contributed by atoms with Crippen LogP contribution in [-0.2, 0) is 9.75 Å². The van der Waals surface area contributed by atoms with Crippen molar-refractivity contribution < 1.29 is 10.2 Å². The zero-order valence-electron chi connectivity index (χ0n) is 12.7. The number of aryl methyl sites for hydroxylation is 1. The molecule has 2 atom stereocenters. The maximum Gasteiger partial charge on any atom is 0.204 e. The first-order valence-corrected chi connectivity index (χ1v) is 9.82. The van der Waals surface area contributed by atoms with Crippen molar-refractivity contribution in [2.45, 2.75) is 21.0 Å². The van der Waals surface area contributed by atoms with Gasteiger partial charge < -0.3 is 10.2 Å². The molecule has 2 aromatic rings. The van der Waals surface area contributed by atoms with Crippen molar-refractivity contribution in [2.75, 3.05) is 0 Å². The van der Waals surface area contributed by atoms with Crippen molar-refractivity contribution in [2.24, 2.45) is 0 Å². The van der Waals surface area contributed by atoms with Gasteiger partial charge in [-0.05, 0) is 24.6 Å². The molecule has 1 aromatic heterocycles. The van der Waals surface area contributed by atoms with Crippen molar-refractivity contribution in [1.29, 1.82) is 0 Å². The number of halogens is 7. The molecule has 0 radical (unpaired) electrons. The summed E-state index contributed by atoms with van der Waals surface area (Å²) in [6.07, 6.45) is 0. The van der Waals surface area contributed by atoms with E-state index in [2.05, 4.69) is 0 Å². The first-order valence-electron chi connectivity index (χ1n) is 7.18. The second kappa shape index (κ2) is 5.48. The van der Waals surface area contributed by atoms with Crippen LogP contribution in [0.15, 0.2) is 28.3 Å². The van der Waals surface area contributed by atoms with E-state index < -0.39 is 25.8 Å². The van der Waals surface area contributed by atoms with Crippen LogP contribution in [0.25, 0.3) is 5.69 Å². The van der Waals surface area contributed by atoms with E-state index in [1.807, 2.05) is 6.92 Å². The van der Waals surface area contributed by atoms with Crippen LogP contribution in [0.4, 0.5) is 0 Å². The van der Waals surface area contributed by atoms with Gasteiger partial charge >= 0.3 is 0 Å². The Morgan fingerprint density at radius 3 is 1.73 bits per heavy atom. The van der Waals surface area contributed by atoms with Gasteiger partial charge in [0, 0.05) is 5.02 Å². The molecule has 0 aliphatic heterocycles. The summed E-state index contributed by atoms with van der Waals surface area (Å²) in [5.41, 5.74) is 1.21. The Kier molecular flexibility index (Phi) is 4.04. The van der Waals surface area contributed by atoms with E-state index in [0.29, 0.717) is 10.7 Å². The summed E-state index contributed by atoms with van der Waals surface area (Å²) in [6, 6.07) is 4.96. The van der Waals surface area contributed by atoms with Crippen LogP contribution in [-0.4, -0.2) is 19.1 Å². The van der Waals surface area contributed by atoms with Crippen LogP contribution in [0.2, 0.25) is 5.02 Å². The second-order valence-electron chi connectivity index (χ2n) is 6.19. The van der Waals surface area contributed by atoms with E-state index in [1.165, 1.54) is 0 Å². The molecule has 0 fully saturated rings. The van der Waals surface area contributed by atoms with Gasteiger partial charge in [0.25, 0.3) is 0 Å². The van der Waals surface area contributed by atoms with E-state index in [0.717, 1.165) is 10.1 Å². The average molecular weight is 494 g/mol. The number of hydrogen-bond acceptors (Lipinski definition) is 2. The summed E-state index contributed by atoms with van der Waals surface area (Å²) < 4.78 is -0.798. The van der Waals surface area contributed by atoms with Crippen LogP contribution in [0.1, 0.15) is 16.7 Å². The average Bonchev–Trinajstić information content (AvgIpc) is 2.95. The highest BCUT2D eigenvalue weighted by molar-refractivity contribution is 6.65. The number of benzene rings is 1. The lowest BCUT2D eigenvalue weighted by atomic mass is 10.00. The van der Waals surface area contributed by atoms with Crippen LogP contribution in [0, 0.1) is 6.92 Å². The summed E-state index contributed by atoms with van der Waals surface area (Å²) in [7, 11) is 0. The molecule has 0 saturated heterocycles. The highest BCUT2D eigenvalue weighted by Crippen LogP contribution is 2.80. The maximum atomic E-state index is 10.9. The van der Waals surface area contributed by atoms with E-state index in [-0.39, 0.29) is 21.2 Å². The Morgan fingerprint density at radius 1 is 0.846 bits per heavy atom. The molecule has 10 heteroatoms. The summed E-state index contributed by atoms with van der Waals surface area (Å²) in [6.45, 7) is 1.82. The predicted octanol–water partition coefficient (Wildman–Crippen LogP) is 6.61. The number of fused-ring (bicyclic) bond motifs is 5. The molecule has 4 rings (SSSR count). The topological polar surface area (TPSA) is 45.4 Å². The third-order valence-corrected chi connectivity index (χ3v) is 9.37. The first kappa shape index (κ1) is 19.2. The van der Waals surface area contributed by atoms with Gasteiger partial charge in [-0.2, -0.15) is 0 Å². The normalized spacial score (nSPS) is 28.8. The number of nitrogens with zero attached hydrogens (tertiary/aromatic N) is 1. The summed E-state index contributed by atoms with van der Waals surface area (Å²) in [4.78, 5) is -3.65. The first-order chi connectivity index (χ1) is 11.9. The van der Waals surface area contributed by atoms with Gasteiger partial charge in [-0.1, -0.05) is 64.1 Å². The van der Waals surface area contributed by atoms with Crippen molar-refractivity contribution in [3.63, 3.8) is 0 Å². The summed E-state index contributed by atoms with van der Waals surface area (Å²) >= 11 is 44.9. The number of aromatic nitrogens is 1. The van der Waals surface area contributed by atoms with Gasteiger partial charge in [0.1, 0.15) is 9.75 Å². The molecular formula is C16H8Cl7NO2. The fourth-order valence-electron chi connectivity index (χ4n) is 3.51. The Bertz CT molecular complexity index is 977. The Hall–Kier alpha value is -0.130. The number of allylic oxidation sites excluding steroid dienone is 2. The molecule has 2 bridgehead atoms. The van der Waals surface area contributed by atoms with Gasteiger partial charge in [0.05, 0.1) is 26.9 Å². The molecule has 2 aliphatic rings. The van der Waals surface area contributed by atoms with E-state index in [1.54, 1.807) is 18.2 Å². The summed E-state index contributed by atoms with van der Waals surface area (Å²) in [5.74, 6) is -0.828. The zero-order chi connectivity index (χ0) is 19.4. The van der Waals surface area contributed by atoms with Crippen molar-refractivity contribution in [3.8, 4) is 17.4 Å². The van der Waals surface area contributed by atoms with E-state index >= 15 is 0 Å². The van der Waals surface area contributed by atoms with Crippen LogP contribution >= 0.6 is 81.2 Å². The molecule has 138 valence electrons. The molecule has 0 saturated carbocycles. The third kappa shape index (κ3) is 1.82. The molecule has 26 heavy (non-hydrogen) atoms. The number of hydrogen-bond donors (Lipinski definition) is 2. The largest absolute Gasteiger partial charge is 0.494 e. The lowest BCUT2D eigenvalue weighted by molar-refractivity contribution is 0.390. The number of alkyl halides is 4. The minimum atomic E-state index is -1.93. The molecule has 1 aromatic carbocycles. The second-order valence-corrected chi connectivity index (χ2v) is 9.81. The van der Waals surface area contributed by atoms with Gasteiger partial charge in [0.15, 0.2) is 4.33 Å². The molecule has 1 heterocycles. The van der Waals surface area contributed by atoms with E-state index in [9.17, 15) is 10.2 Å². The Morgan fingerprint density at radius 2 is 1.31 bits per heavy atom. The zero-order valence-corrected chi connectivity index (χ0v) is 18.0. The van der Waals surface area contributed by atoms with Crippen molar-refractivity contribution in [3.05, 3.63) is 50.0 Å². The van der Waals surface area contributed by atoms with Crippen LogP contribution in [0.3, 0.4) is 0 Å². The van der Waals surface area contributed by atoms with Crippen LogP contribution in [0.5, 0.6) is 11.8 Å². The number of rotatable bonds is 1. The third-order valence-electron chi connectivity index (χ3n) is 4.89. The molecule has 2 N–H and O–H groups in total. The fraction of sp³-hybridized carbons (Fsp3) is 0.250. The molecule has 2 aliphatic carbocycles. The van der Waals surface area contributed by atoms with Gasteiger partial charge in [-0.25, -0.2) is 0 Å². The lowest BCUT2D eigenvalue weighted by Gasteiger charge is -2.32. The Balaban J connectivity index is 2.09. The maximum absolute atomic E-state index is 10.9. The Labute approximate surface area is 183 Å². The van der Waals surface area contributed by atoms with Crippen molar-refractivity contribution in [1.82, 2.24) is 4.57 Å². The monoisotopic (exact) mass is 491 g/mol. The lowest BCUT2D eigenvalue weighted by Crippen LogP contribution is -2.40. The molecule has 3 nitrogen and oxygen atoms in total. The highest BCUT2D eigenvalue weighted by atomic mass is 35.5. The molecular weight excluding hydrogens is 486 g/mol. The fourth-order valence-corrected chi connectivity index (χ4v) is 6.37. The smallest absolute Gasteiger partial charge is 0.204 e. The van der Waals surface area contributed by atoms with Crippen LogP contribution < -0.4 is 0 Å². The minimum Gasteiger partial charge on any atom is -0.494 e.